The van der Waals surface area contributed by atoms with Crippen molar-refractivity contribution < 1.29 is 14.3 Å². The highest BCUT2D eigenvalue weighted by atomic mass is 19.1. The second-order valence-electron chi connectivity index (χ2n) is 6.36. The Balaban J connectivity index is 1.47. The molecule has 0 aromatic heterocycles. The van der Waals surface area contributed by atoms with E-state index in [-0.39, 0.29) is 23.6 Å². The standard InChI is InChI=1S/C17H22FNO2/c18-13-7-3-6-12(8-13)14-9-15(14)17(21)19-10-16(20)11-4-1-2-5-11/h3,6-8,11,14-16,20H,1-2,4-5,9-10H2,(H,19,21). The van der Waals surface area contributed by atoms with Gasteiger partial charge in [0, 0.05) is 12.5 Å². The van der Waals surface area contributed by atoms with Crippen LogP contribution in [-0.4, -0.2) is 23.7 Å². The summed E-state index contributed by atoms with van der Waals surface area (Å²) in [4.78, 5) is 12.1. The molecule has 2 N–H and O–H groups in total. The van der Waals surface area contributed by atoms with E-state index in [1.807, 2.05) is 6.07 Å². The molecular formula is C17H22FNO2. The van der Waals surface area contributed by atoms with E-state index in [4.69, 9.17) is 0 Å². The largest absolute Gasteiger partial charge is 0.391 e. The molecule has 0 spiro atoms. The maximum absolute atomic E-state index is 13.2. The normalized spacial score (nSPS) is 26.6. The average molecular weight is 291 g/mol. The van der Waals surface area contributed by atoms with Crippen LogP contribution in [0.15, 0.2) is 24.3 Å². The molecule has 21 heavy (non-hydrogen) atoms. The molecule has 2 aliphatic carbocycles. The van der Waals surface area contributed by atoms with E-state index in [2.05, 4.69) is 5.32 Å². The Labute approximate surface area is 124 Å². The first-order valence-electron chi connectivity index (χ1n) is 7.86. The molecule has 3 unspecified atom stereocenters. The summed E-state index contributed by atoms with van der Waals surface area (Å²) in [7, 11) is 0. The van der Waals surface area contributed by atoms with Gasteiger partial charge in [-0.15, -0.1) is 0 Å². The lowest BCUT2D eigenvalue weighted by Gasteiger charge is -2.18. The van der Waals surface area contributed by atoms with Gasteiger partial charge in [-0.1, -0.05) is 25.0 Å². The van der Waals surface area contributed by atoms with E-state index >= 15 is 0 Å². The molecule has 3 rings (SSSR count). The first-order chi connectivity index (χ1) is 10.1. The fraction of sp³-hybridized carbons (Fsp3) is 0.588. The van der Waals surface area contributed by atoms with Gasteiger partial charge in [0.2, 0.25) is 5.91 Å². The second-order valence-corrected chi connectivity index (χ2v) is 6.36. The first kappa shape index (κ1) is 14.5. The van der Waals surface area contributed by atoms with Crippen LogP contribution in [0.5, 0.6) is 0 Å². The van der Waals surface area contributed by atoms with Crippen molar-refractivity contribution >= 4 is 5.91 Å². The van der Waals surface area contributed by atoms with Crippen LogP contribution in [0.1, 0.15) is 43.6 Å². The van der Waals surface area contributed by atoms with E-state index in [1.165, 1.54) is 25.0 Å². The maximum Gasteiger partial charge on any atom is 0.223 e. The number of aliphatic hydroxyl groups is 1. The molecule has 3 nitrogen and oxygen atoms in total. The third kappa shape index (κ3) is 3.43. The van der Waals surface area contributed by atoms with E-state index in [1.54, 1.807) is 6.07 Å². The third-order valence-corrected chi connectivity index (χ3v) is 4.83. The topological polar surface area (TPSA) is 49.3 Å². The fourth-order valence-corrected chi connectivity index (χ4v) is 3.44. The number of amides is 1. The number of hydrogen-bond acceptors (Lipinski definition) is 2. The van der Waals surface area contributed by atoms with Gasteiger partial charge in [-0.3, -0.25) is 4.79 Å². The molecule has 0 saturated heterocycles. The Morgan fingerprint density at radius 2 is 2.14 bits per heavy atom. The van der Waals surface area contributed by atoms with Crippen molar-refractivity contribution in [2.75, 3.05) is 6.54 Å². The van der Waals surface area contributed by atoms with Crippen LogP contribution in [-0.2, 0) is 4.79 Å². The molecule has 3 atom stereocenters. The number of halogens is 1. The number of hydrogen-bond donors (Lipinski definition) is 2. The van der Waals surface area contributed by atoms with Gasteiger partial charge < -0.3 is 10.4 Å². The van der Waals surface area contributed by atoms with Crippen molar-refractivity contribution in [2.24, 2.45) is 11.8 Å². The molecule has 1 aromatic carbocycles. The highest BCUT2D eigenvalue weighted by Gasteiger charge is 2.44. The zero-order valence-corrected chi connectivity index (χ0v) is 12.1. The SMILES string of the molecule is O=C(NCC(O)C1CCCC1)C1CC1c1cccc(F)c1. The summed E-state index contributed by atoms with van der Waals surface area (Å²) in [6, 6.07) is 6.47. The van der Waals surface area contributed by atoms with Gasteiger partial charge in [-0.2, -0.15) is 0 Å². The van der Waals surface area contributed by atoms with Crippen molar-refractivity contribution in [3.05, 3.63) is 35.6 Å². The van der Waals surface area contributed by atoms with Gasteiger partial charge in [0.1, 0.15) is 5.82 Å². The quantitative estimate of drug-likeness (QED) is 0.876. The summed E-state index contributed by atoms with van der Waals surface area (Å²) >= 11 is 0. The van der Waals surface area contributed by atoms with Gasteiger partial charge in [-0.25, -0.2) is 4.39 Å². The monoisotopic (exact) mass is 291 g/mol. The zero-order valence-electron chi connectivity index (χ0n) is 12.1. The van der Waals surface area contributed by atoms with Crippen LogP contribution < -0.4 is 5.32 Å². The fourth-order valence-electron chi connectivity index (χ4n) is 3.44. The van der Waals surface area contributed by atoms with Gasteiger partial charge in [0.15, 0.2) is 0 Å². The minimum absolute atomic E-state index is 0.0127. The third-order valence-electron chi connectivity index (χ3n) is 4.83. The van der Waals surface area contributed by atoms with E-state index in [9.17, 15) is 14.3 Å². The summed E-state index contributed by atoms with van der Waals surface area (Å²) in [5.74, 6) is 0.131. The van der Waals surface area contributed by atoms with Gasteiger partial charge in [0.05, 0.1) is 6.10 Å². The highest BCUT2D eigenvalue weighted by Crippen LogP contribution is 2.47. The molecule has 114 valence electrons. The molecule has 2 saturated carbocycles. The molecule has 0 heterocycles. The van der Waals surface area contributed by atoms with Crippen molar-refractivity contribution in [2.45, 2.75) is 44.1 Å². The van der Waals surface area contributed by atoms with Crippen molar-refractivity contribution in [1.82, 2.24) is 5.32 Å². The summed E-state index contributed by atoms with van der Waals surface area (Å²) < 4.78 is 13.2. The maximum atomic E-state index is 13.2. The smallest absolute Gasteiger partial charge is 0.223 e. The van der Waals surface area contributed by atoms with Crippen molar-refractivity contribution in [3.8, 4) is 0 Å². The summed E-state index contributed by atoms with van der Waals surface area (Å²) in [6.45, 7) is 0.343. The molecule has 2 fully saturated rings. The number of benzene rings is 1. The number of nitrogens with one attached hydrogen (secondary N) is 1. The number of carbonyl (C=O) groups excluding carboxylic acids is 1. The first-order valence-corrected chi connectivity index (χ1v) is 7.86. The minimum Gasteiger partial charge on any atom is -0.391 e. The van der Waals surface area contributed by atoms with Crippen LogP contribution in [0.3, 0.4) is 0 Å². The predicted octanol–water partition coefficient (Wildman–Crippen LogP) is 2.60. The lowest BCUT2D eigenvalue weighted by atomic mass is 10.0. The van der Waals surface area contributed by atoms with Crippen LogP contribution in [0, 0.1) is 17.7 Å². The van der Waals surface area contributed by atoms with Gasteiger partial charge in [0.25, 0.3) is 0 Å². The molecular weight excluding hydrogens is 269 g/mol. The summed E-state index contributed by atoms with van der Waals surface area (Å²) in [5.41, 5.74) is 0.895. The van der Waals surface area contributed by atoms with Crippen LogP contribution in [0.25, 0.3) is 0 Å². The Kier molecular flexibility index (Phi) is 4.24. The molecule has 0 aliphatic heterocycles. The Hall–Kier alpha value is -1.42. The lowest BCUT2D eigenvalue weighted by molar-refractivity contribution is -0.123. The van der Waals surface area contributed by atoms with Gasteiger partial charge in [-0.05, 0) is 48.8 Å². The number of rotatable bonds is 5. The van der Waals surface area contributed by atoms with Crippen LogP contribution in [0.4, 0.5) is 4.39 Å². The lowest BCUT2D eigenvalue weighted by Crippen LogP contribution is -2.36. The van der Waals surface area contributed by atoms with E-state index < -0.39 is 6.10 Å². The molecule has 0 radical (unpaired) electrons. The molecule has 1 amide bonds. The number of aliphatic hydroxyl groups excluding tert-OH is 1. The predicted molar refractivity (Wildman–Crippen MR) is 78.2 cm³/mol. The van der Waals surface area contributed by atoms with Crippen molar-refractivity contribution in [3.63, 3.8) is 0 Å². The molecule has 2 aliphatic rings. The minimum atomic E-state index is -0.428. The Morgan fingerprint density at radius 1 is 1.38 bits per heavy atom. The van der Waals surface area contributed by atoms with E-state index in [0.29, 0.717) is 12.5 Å². The molecule has 0 bridgehead atoms. The Bertz CT molecular complexity index is 513. The van der Waals surface area contributed by atoms with E-state index in [0.717, 1.165) is 24.8 Å². The summed E-state index contributed by atoms with van der Waals surface area (Å²) in [6.07, 6.45) is 4.83. The highest BCUT2D eigenvalue weighted by molar-refractivity contribution is 5.82. The zero-order chi connectivity index (χ0) is 14.8. The molecule has 4 heteroatoms. The Morgan fingerprint density at radius 3 is 2.86 bits per heavy atom. The van der Waals surface area contributed by atoms with Gasteiger partial charge >= 0.3 is 0 Å². The van der Waals surface area contributed by atoms with Crippen LogP contribution in [0.2, 0.25) is 0 Å². The second kappa shape index (κ2) is 6.14. The van der Waals surface area contributed by atoms with Crippen molar-refractivity contribution in [1.29, 1.82) is 0 Å². The van der Waals surface area contributed by atoms with Crippen LogP contribution >= 0.6 is 0 Å². The summed E-state index contributed by atoms with van der Waals surface area (Å²) in [5, 5.41) is 12.9. The average Bonchev–Trinajstić information content (AvgIpc) is 3.10. The number of carbonyl (C=O) groups is 1. The molecule has 1 aromatic rings.